The quantitative estimate of drug-likeness (QED) is 0.326. The van der Waals surface area contributed by atoms with Gasteiger partial charge in [-0.25, -0.2) is 4.98 Å². The molecule has 1 aromatic heterocycles. The minimum Gasteiger partial charge on any atom is -0.506 e. The van der Waals surface area contributed by atoms with E-state index in [0.29, 0.717) is 22.8 Å². The number of nitrogens with one attached hydrogen (secondary N) is 1. The van der Waals surface area contributed by atoms with Crippen LogP contribution < -0.4 is 22.7 Å². The van der Waals surface area contributed by atoms with Gasteiger partial charge in [-0.15, -0.1) is 0 Å². The van der Waals surface area contributed by atoms with Crippen LogP contribution in [0.4, 0.5) is 0 Å². The molecule has 6 nitrogen and oxygen atoms in total. The van der Waals surface area contributed by atoms with Crippen LogP contribution in [-0.2, 0) is 0 Å². The predicted octanol–water partition coefficient (Wildman–Crippen LogP) is -0.855. The minimum atomic E-state index is 0.126. The summed E-state index contributed by atoms with van der Waals surface area (Å²) >= 11 is 0. The molecule has 6 heteroatoms. The van der Waals surface area contributed by atoms with Crippen LogP contribution in [0.15, 0.2) is 17.8 Å². The van der Waals surface area contributed by atoms with E-state index in [-0.39, 0.29) is 12.3 Å². The van der Waals surface area contributed by atoms with Crippen molar-refractivity contribution in [1.29, 1.82) is 0 Å². The summed E-state index contributed by atoms with van der Waals surface area (Å²) in [4.78, 5) is 4.11. The predicted molar refractivity (Wildman–Crippen MR) is 58.1 cm³/mol. The van der Waals surface area contributed by atoms with E-state index < -0.39 is 0 Å². The van der Waals surface area contributed by atoms with E-state index in [1.165, 1.54) is 6.07 Å². The Morgan fingerprint density at radius 2 is 2.20 bits per heavy atom. The molecule has 0 amide bonds. The maximum absolute atomic E-state index is 9.29. The number of aromatic hydroxyl groups is 1. The molecule has 0 saturated carbocycles. The first kappa shape index (κ1) is 11.3. The molecule has 0 aromatic carbocycles. The smallest absolute Gasteiger partial charge is 0.136 e. The summed E-state index contributed by atoms with van der Waals surface area (Å²) < 4.78 is 0. The summed E-state index contributed by atoms with van der Waals surface area (Å²) in [6, 6.07) is 3.12. The summed E-state index contributed by atoms with van der Waals surface area (Å²) in [6.45, 7) is 1.88. The number of pyridine rings is 1. The lowest BCUT2D eigenvalue weighted by atomic mass is 10.2. The number of aryl methyl sites for hydroxylation is 1. The number of rotatable bonds is 3. The second-order valence-corrected chi connectivity index (χ2v) is 3.04. The maximum Gasteiger partial charge on any atom is 0.136 e. The zero-order valence-corrected chi connectivity index (χ0v) is 8.49. The van der Waals surface area contributed by atoms with Crippen LogP contribution in [-0.4, -0.2) is 16.6 Å². The first-order valence-corrected chi connectivity index (χ1v) is 4.42. The lowest BCUT2D eigenvalue weighted by Gasteiger charge is -2.09. The molecule has 0 spiro atoms. The normalized spacial score (nSPS) is 12.2. The third kappa shape index (κ3) is 2.36. The highest BCUT2D eigenvalue weighted by atomic mass is 16.3. The van der Waals surface area contributed by atoms with Crippen LogP contribution >= 0.6 is 0 Å². The van der Waals surface area contributed by atoms with Gasteiger partial charge in [-0.05, 0) is 19.1 Å². The second kappa shape index (κ2) is 4.63. The highest BCUT2D eigenvalue weighted by molar-refractivity contribution is 5.63. The molecule has 0 radical (unpaired) electrons. The zero-order valence-electron chi connectivity index (χ0n) is 8.49. The molecule has 0 aliphatic carbocycles. The van der Waals surface area contributed by atoms with Crippen LogP contribution in [0.2, 0.25) is 0 Å². The van der Waals surface area contributed by atoms with Crippen molar-refractivity contribution in [1.82, 2.24) is 10.4 Å². The first-order valence-electron chi connectivity index (χ1n) is 4.42. The summed E-state index contributed by atoms with van der Waals surface area (Å²) in [5, 5.41) is 9.29. The number of nitrogens with zero attached hydrogens (tertiary/aromatic N) is 1. The summed E-state index contributed by atoms with van der Waals surface area (Å²) in [6.07, 6.45) is 0. The number of nitrogens with two attached hydrogens (primary N) is 3. The number of hydrogen-bond acceptors (Lipinski definition) is 6. The molecule has 0 saturated heterocycles. The molecule has 82 valence electrons. The van der Waals surface area contributed by atoms with E-state index in [1.807, 2.05) is 0 Å². The van der Waals surface area contributed by atoms with Crippen LogP contribution in [0.1, 0.15) is 11.4 Å². The Bertz CT molecular complexity index is 382. The lowest BCUT2D eigenvalue weighted by molar-refractivity contribution is 0.467. The van der Waals surface area contributed by atoms with Gasteiger partial charge in [0, 0.05) is 6.54 Å². The molecule has 15 heavy (non-hydrogen) atoms. The van der Waals surface area contributed by atoms with Crippen molar-refractivity contribution in [3.05, 3.63) is 29.2 Å². The molecular formula is C9H15N5O. The summed E-state index contributed by atoms with van der Waals surface area (Å²) in [5.74, 6) is 5.37. The van der Waals surface area contributed by atoms with E-state index in [9.17, 15) is 5.11 Å². The van der Waals surface area contributed by atoms with E-state index in [4.69, 9.17) is 17.3 Å². The van der Waals surface area contributed by atoms with Crippen molar-refractivity contribution in [3.8, 4) is 5.75 Å². The van der Waals surface area contributed by atoms with Gasteiger partial charge in [-0.2, -0.15) is 0 Å². The number of hydrogen-bond donors (Lipinski definition) is 5. The Kier molecular flexibility index (Phi) is 3.48. The molecule has 0 aliphatic heterocycles. The standard InChI is InChI=1S/C9H15N5O/c1-5-8(15)3-2-6(13-5)9(11)7(4-10)14-12/h2-3,14-15H,4,10-12H2,1H3/b9-7-. The van der Waals surface area contributed by atoms with Crippen molar-refractivity contribution in [3.63, 3.8) is 0 Å². The lowest BCUT2D eigenvalue weighted by Crippen LogP contribution is -2.29. The molecule has 0 atom stereocenters. The molecule has 0 fully saturated rings. The van der Waals surface area contributed by atoms with Crippen molar-refractivity contribution in [2.75, 3.05) is 6.54 Å². The highest BCUT2D eigenvalue weighted by Gasteiger charge is 2.06. The SMILES string of the molecule is Cc1nc(/C(N)=C(\CN)NN)ccc1O. The molecule has 1 aromatic rings. The van der Waals surface area contributed by atoms with Crippen LogP contribution in [0.25, 0.3) is 5.70 Å². The fraction of sp³-hybridized carbons (Fsp3) is 0.222. The van der Waals surface area contributed by atoms with Gasteiger partial charge in [0.15, 0.2) is 0 Å². The van der Waals surface area contributed by atoms with Crippen molar-refractivity contribution >= 4 is 5.70 Å². The largest absolute Gasteiger partial charge is 0.506 e. The molecule has 8 N–H and O–H groups in total. The molecule has 0 aliphatic rings. The fourth-order valence-electron chi connectivity index (χ4n) is 1.10. The molecular weight excluding hydrogens is 194 g/mol. The summed E-state index contributed by atoms with van der Waals surface area (Å²) in [7, 11) is 0. The Labute approximate surface area is 87.8 Å². The van der Waals surface area contributed by atoms with Crippen molar-refractivity contribution < 1.29 is 5.11 Å². The topological polar surface area (TPSA) is 123 Å². The van der Waals surface area contributed by atoms with Crippen LogP contribution in [0, 0.1) is 6.92 Å². The van der Waals surface area contributed by atoms with Gasteiger partial charge in [0.25, 0.3) is 0 Å². The van der Waals surface area contributed by atoms with Gasteiger partial charge in [0.05, 0.1) is 22.8 Å². The third-order valence-corrected chi connectivity index (χ3v) is 2.04. The second-order valence-electron chi connectivity index (χ2n) is 3.04. The number of hydrazine groups is 1. The van der Waals surface area contributed by atoms with Gasteiger partial charge in [0.1, 0.15) is 5.75 Å². The van der Waals surface area contributed by atoms with Gasteiger partial charge < -0.3 is 22.0 Å². The Morgan fingerprint density at radius 3 is 2.67 bits per heavy atom. The van der Waals surface area contributed by atoms with E-state index in [2.05, 4.69) is 10.4 Å². The Balaban J connectivity index is 3.16. The molecule has 0 bridgehead atoms. The molecule has 0 unspecified atom stereocenters. The van der Waals surface area contributed by atoms with Crippen molar-refractivity contribution in [2.24, 2.45) is 17.3 Å². The highest BCUT2D eigenvalue weighted by Crippen LogP contribution is 2.16. The summed E-state index contributed by atoms with van der Waals surface area (Å²) in [5.41, 5.74) is 15.6. The van der Waals surface area contributed by atoms with Crippen LogP contribution in [0.3, 0.4) is 0 Å². The van der Waals surface area contributed by atoms with Gasteiger partial charge >= 0.3 is 0 Å². The zero-order chi connectivity index (χ0) is 11.4. The third-order valence-electron chi connectivity index (χ3n) is 2.04. The monoisotopic (exact) mass is 209 g/mol. The van der Waals surface area contributed by atoms with Crippen LogP contribution in [0.5, 0.6) is 5.75 Å². The average molecular weight is 209 g/mol. The van der Waals surface area contributed by atoms with E-state index in [0.717, 1.165) is 0 Å². The Hall–Kier alpha value is -1.79. The average Bonchev–Trinajstić information content (AvgIpc) is 2.23. The molecule has 1 heterocycles. The fourth-order valence-corrected chi connectivity index (χ4v) is 1.10. The number of aromatic nitrogens is 1. The van der Waals surface area contributed by atoms with E-state index in [1.54, 1.807) is 13.0 Å². The maximum atomic E-state index is 9.29. The first-order chi connectivity index (χ1) is 7.10. The van der Waals surface area contributed by atoms with Gasteiger partial charge in [-0.1, -0.05) is 0 Å². The van der Waals surface area contributed by atoms with Gasteiger partial charge in [-0.3, -0.25) is 5.84 Å². The van der Waals surface area contributed by atoms with Gasteiger partial charge in [0.2, 0.25) is 0 Å². The van der Waals surface area contributed by atoms with E-state index >= 15 is 0 Å². The van der Waals surface area contributed by atoms with Crippen molar-refractivity contribution in [2.45, 2.75) is 6.92 Å². The minimum absolute atomic E-state index is 0.126. The molecule has 1 rings (SSSR count). The Morgan fingerprint density at radius 1 is 1.53 bits per heavy atom.